The summed E-state index contributed by atoms with van der Waals surface area (Å²) in [6, 6.07) is -3.94. The second-order valence-corrected chi connectivity index (χ2v) is 9.84. The molecule has 2 heterocycles. The molecule has 7 unspecified atom stereocenters. The second-order valence-electron chi connectivity index (χ2n) is 9.84. The molecule has 3 fully saturated rings. The summed E-state index contributed by atoms with van der Waals surface area (Å²) in [5.74, 6) is -3.18. The van der Waals surface area contributed by atoms with Crippen molar-refractivity contribution in [2.24, 2.45) is 32.9 Å². The van der Waals surface area contributed by atoms with Gasteiger partial charge in [-0.25, -0.2) is 9.98 Å². The van der Waals surface area contributed by atoms with Crippen molar-refractivity contribution in [1.82, 2.24) is 5.32 Å². The van der Waals surface area contributed by atoms with Gasteiger partial charge in [0.2, 0.25) is 5.79 Å². The van der Waals surface area contributed by atoms with Gasteiger partial charge in [0, 0.05) is 7.11 Å². The van der Waals surface area contributed by atoms with Crippen LogP contribution in [0.25, 0.3) is 0 Å². The summed E-state index contributed by atoms with van der Waals surface area (Å²) in [5, 5.41) is 77.0. The molecule has 0 aromatic rings. The van der Waals surface area contributed by atoms with E-state index in [1.165, 1.54) is 14.0 Å². The Labute approximate surface area is 229 Å². The van der Waals surface area contributed by atoms with Gasteiger partial charge in [-0.2, -0.15) is 0 Å². The molecule has 40 heavy (non-hydrogen) atoms. The van der Waals surface area contributed by atoms with Crippen LogP contribution >= 0.6 is 0 Å². The third-order valence-electron chi connectivity index (χ3n) is 7.36. The molecule has 3 aliphatic rings. The Hall–Kier alpha value is -1.98. The molecular formula is C21H41N7O12. The van der Waals surface area contributed by atoms with Gasteiger partial charge in [0.15, 0.2) is 30.6 Å². The van der Waals surface area contributed by atoms with Crippen LogP contribution in [-0.2, 0) is 23.7 Å². The standard InChI is InChI=1S/C21H41N7O12/c1-5-21(35,36-3)16(40-17-9(26-2)13(33)10(30)6(4-29)38-17)18(37-5)39-15-8(28-20(24)25)11(31)7(27-19(22)23)12(32)14(15)34/h5-18,26,29-35H,4H2,1-3H3,(H4,22,23,27)(H4,24,25,28)/t5-,6?,7+,8+,9?,10-,11?,12?,13+,14?,15+,16+,17+,18?,21?/m0/s1. The van der Waals surface area contributed by atoms with Crippen LogP contribution in [0.1, 0.15) is 6.92 Å². The van der Waals surface area contributed by atoms with Crippen molar-refractivity contribution in [2.45, 2.75) is 98.4 Å². The molecule has 0 aromatic heterocycles. The summed E-state index contributed by atoms with van der Waals surface area (Å²) < 4.78 is 28.6. The Morgan fingerprint density at radius 2 is 1.45 bits per heavy atom. The quantitative estimate of drug-likeness (QED) is 0.0680. The first-order valence-corrected chi connectivity index (χ1v) is 12.5. The lowest BCUT2D eigenvalue weighted by Gasteiger charge is -2.45. The smallest absolute Gasteiger partial charge is 0.224 e. The maximum atomic E-state index is 11.3. The number of methoxy groups -OCH3 is 1. The largest absolute Gasteiger partial charge is 0.394 e. The lowest BCUT2D eigenvalue weighted by atomic mass is 9.81. The van der Waals surface area contributed by atoms with Gasteiger partial charge in [0.25, 0.3) is 0 Å². The minimum Gasteiger partial charge on any atom is -0.394 e. The number of likely N-dealkylation sites (N-methyl/N-ethyl adjacent to an activating group) is 1. The van der Waals surface area contributed by atoms with E-state index >= 15 is 0 Å². The number of nitrogens with zero attached hydrogens (tertiary/aromatic N) is 2. The van der Waals surface area contributed by atoms with Crippen molar-refractivity contribution in [3.63, 3.8) is 0 Å². The number of aliphatic hydroxyl groups excluding tert-OH is 6. The average Bonchev–Trinajstić information content (AvgIpc) is 3.13. The summed E-state index contributed by atoms with van der Waals surface area (Å²) in [5.41, 5.74) is 21.9. The molecule has 2 aliphatic heterocycles. The van der Waals surface area contributed by atoms with Gasteiger partial charge in [-0.1, -0.05) is 0 Å². The fraction of sp³-hybridized carbons (Fsp3) is 0.905. The minimum atomic E-state index is -2.20. The van der Waals surface area contributed by atoms with Crippen molar-refractivity contribution in [3.8, 4) is 0 Å². The summed E-state index contributed by atoms with van der Waals surface area (Å²) in [6.45, 7) is 0.765. The highest BCUT2D eigenvalue weighted by atomic mass is 16.8. The minimum absolute atomic E-state index is 0.482. The molecule has 0 spiro atoms. The first-order chi connectivity index (χ1) is 18.7. The van der Waals surface area contributed by atoms with Gasteiger partial charge in [0.1, 0.15) is 60.9 Å². The predicted octanol–water partition coefficient (Wildman–Crippen LogP) is -7.76. The number of nitrogens with one attached hydrogen (secondary N) is 1. The van der Waals surface area contributed by atoms with E-state index in [0.717, 1.165) is 7.11 Å². The molecule has 0 aromatic carbocycles. The number of ether oxygens (including phenoxy) is 5. The van der Waals surface area contributed by atoms with E-state index in [1.807, 2.05) is 0 Å². The highest BCUT2D eigenvalue weighted by Crippen LogP contribution is 2.39. The van der Waals surface area contributed by atoms with Crippen LogP contribution in [0.5, 0.6) is 0 Å². The van der Waals surface area contributed by atoms with Gasteiger partial charge in [-0.3, -0.25) is 0 Å². The van der Waals surface area contributed by atoms with Crippen molar-refractivity contribution in [1.29, 1.82) is 0 Å². The number of rotatable bonds is 9. The van der Waals surface area contributed by atoms with Crippen LogP contribution in [-0.4, -0.2) is 160 Å². The molecule has 232 valence electrons. The number of aliphatic imine (C=N–C) groups is 2. The Morgan fingerprint density at radius 1 is 0.850 bits per heavy atom. The monoisotopic (exact) mass is 583 g/mol. The SMILES string of the molecule is CNC1[C@@H](O[C@@H]2C(O[C@H]3C(O)C(O)[C@H](N=C(N)N)C(O)[C@H]3N=C(N)N)O[C@@H](C)C2(O)OC)OC(CO)[C@H](O)[C@@H]1O. The lowest BCUT2D eigenvalue weighted by Crippen LogP contribution is -2.66. The van der Waals surface area contributed by atoms with Crippen LogP contribution in [0.3, 0.4) is 0 Å². The molecule has 19 heteroatoms. The molecule has 3 rings (SSSR count). The molecule has 0 bridgehead atoms. The Bertz CT molecular complexity index is 911. The third-order valence-corrected chi connectivity index (χ3v) is 7.36. The third kappa shape index (κ3) is 6.11. The van der Waals surface area contributed by atoms with Crippen molar-refractivity contribution in [2.75, 3.05) is 20.8 Å². The van der Waals surface area contributed by atoms with E-state index in [9.17, 15) is 35.7 Å². The Morgan fingerprint density at radius 3 is 1.98 bits per heavy atom. The fourth-order valence-electron chi connectivity index (χ4n) is 5.15. The zero-order chi connectivity index (χ0) is 30.1. The molecule has 15 atom stereocenters. The summed E-state index contributed by atoms with van der Waals surface area (Å²) in [6.07, 6.45) is -16.7. The summed E-state index contributed by atoms with van der Waals surface area (Å²) in [7, 11) is 2.62. The summed E-state index contributed by atoms with van der Waals surface area (Å²) >= 11 is 0. The maximum Gasteiger partial charge on any atom is 0.224 e. The second kappa shape index (κ2) is 12.9. The van der Waals surface area contributed by atoms with Crippen LogP contribution in [0.2, 0.25) is 0 Å². The molecule has 19 nitrogen and oxygen atoms in total. The van der Waals surface area contributed by atoms with Crippen LogP contribution in [0.15, 0.2) is 9.98 Å². The molecule has 0 amide bonds. The van der Waals surface area contributed by atoms with E-state index in [-0.39, 0.29) is 0 Å². The highest BCUT2D eigenvalue weighted by Gasteiger charge is 2.61. The van der Waals surface area contributed by atoms with Crippen molar-refractivity contribution >= 4 is 11.9 Å². The highest BCUT2D eigenvalue weighted by molar-refractivity contribution is 5.76. The van der Waals surface area contributed by atoms with Gasteiger partial charge >= 0.3 is 0 Å². The number of nitrogens with two attached hydrogens (primary N) is 4. The van der Waals surface area contributed by atoms with E-state index in [0.29, 0.717) is 0 Å². The van der Waals surface area contributed by atoms with Crippen molar-refractivity contribution in [3.05, 3.63) is 0 Å². The Balaban J connectivity index is 1.96. The van der Waals surface area contributed by atoms with Gasteiger partial charge in [-0.05, 0) is 14.0 Å². The zero-order valence-corrected chi connectivity index (χ0v) is 22.2. The van der Waals surface area contributed by atoms with Crippen LogP contribution in [0, 0.1) is 0 Å². The van der Waals surface area contributed by atoms with Crippen LogP contribution in [0.4, 0.5) is 0 Å². The number of guanidine groups is 2. The number of hydrogen-bond donors (Lipinski definition) is 12. The first kappa shape index (κ1) is 32.5. The van der Waals surface area contributed by atoms with Crippen molar-refractivity contribution < 1.29 is 59.4 Å². The predicted molar refractivity (Wildman–Crippen MR) is 134 cm³/mol. The van der Waals surface area contributed by atoms with Gasteiger partial charge < -0.3 is 87.7 Å². The number of hydrogen-bond acceptors (Lipinski definition) is 15. The van der Waals surface area contributed by atoms with E-state index in [4.69, 9.17) is 46.6 Å². The maximum absolute atomic E-state index is 11.3. The average molecular weight is 584 g/mol. The molecule has 1 aliphatic carbocycles. The topological polar surface area (TPSA) is 329 Å². The lowest BCUT2D eigenvalue weighted by molar-refractivity contribution is -0.338. The van der Waals surface area contributed by atoms with E-state index in [1.54, 1.807) is 0 Å². The Kier molecular flexibility index (Phi) is 10.5. The zero-order valence-electron chi connectivity index (χ0n) is 22.2. The molecule has 16 N–H and O–H groups in total. The van der Waals surface area contributed by atoms with Gasteiger partial charge in [0.05, 0.1) is 12.6 Å². The van der Waals surface area contributed by atoms with E-state index < -0.39 is 110 Å². The summed E-state index contributed by atoms with van der Waals surface area (Å²) in [4.78, 5) is 7.69. The van der Waals surface area contributed by atoms with Crippen LogP contribution < -0.4 is 28.3 Å². The van der Waals surface area contributed by atoms with E-state index in [2.05, 4.69) is 15.3 Å². The molecule has 1 saturated carbocycles. The molecular weight excluding hydrogens is 542 g/mol. The number of aliphatic hydroxyl groups is 7. The molecule has 2 saturated heterocycles. The molecule has 0 radical (unpaired) electrons. The first-order valence-electron chi connectivity index (χ1n) is 12.5. The van der Waals surface area contributed by atoms with Gasteiger partial charge in [-0.15, -0.1) is 0 Å². The fourth-order valence-corrected chi connectivity index (χ4v) is 5.15. The normalized spacial score (nSPS) is 47.5.